The number of hydrogen-bond acceptors (Lipinski definition) is 4. The van der Waals surface area contributed by atoms with E-state index in [0.717, 1.165) is 43.4 Å². The zero-order valence-corrected chi connectivity index (χ0v) is 22.0. The smallest absolute Gasteiger partial charge is 0.348 e. The minimum absolute atomic E-state index is 0.0588. The average molecular weight is 514 g/mol. The summed E-state index contributed by atoms with van der Waals surface area (Å²) in [6, 6.07) is 25.8. The number of nitrogens with zero attached hydrogens (tertiary/aromatic N) is 1. The number of quaternary nitrogens is 1. The van der Waals surface area contributed by atoms with Gasteiger partial charge in [-0.25, -0.2) is 4.79 Å². The van der Waals surface area contributed by atoms with Crippen molar-refractivity contribution < 1.29 is 23.9 Å². The molecule has 0 aromatic heterocycles. The Morgan fingerprint density at radius 1 is 0.921 bits per heavy atom. The van der Waals surface area contributed by atoms with Crippen molar-refractivity contribution in [1.29, 1.82) is 0 Å². The highest BCUT2D eigenvalue weighted by atomic mass is 16.6. The van der Waals surface area contributed by atoms with E-state index >= 15 is 0 Å². The van der Waals surface area contributed by atoms with Crippen LogP contribution in [0.5, 0.6) is 0 Å². The molecule has 0 spiro atoms. The lowest BCUT2D eigenvalue weighted by Gasteiger charge is -2.52. The highest BCUT2D eigenvalue weighted by molar-refractivity contribution is 5.94. The summed E-state index contributed by atoms with van der Waals surface area (Å²) >= 11 is 0. The first-order valence-corrected chi connectivity index (χ1v) is 13.7. The fourth-order valence-corrected chi connectivity index (χ4v) is 6.05. The fraction of sp³-hybridized carbons (Fsp3) is 0.375. The zero-order chi connectivity index (χ0) is 26.6. The van der Waals surface area contributed by atoms with Crippen LogP contribution in [-0.4, -0.2) is 60.3 Å². The Morgan fingerprint density at radius 3 is 2.05 bits per heavy atom. The maximum atomic E-state index is 13.7. The number of piperidine rings is 3. The fourth-order valence-electron chi connectivity index (χ4n) is 6.05. The predicted octanol–water partition coefficient (Wildman–Crippen LogP) is 4.07. The van der Waals surface area contributed by atoms with Crippen LogP contribution in [0.1, 0.15) is 46.8 Å². The highest BCUT2D eigenvalue weighted by Crippen LogP contribution is 2.38. The third-order valence-corrected chi connectivity index (χ3v) is 8.47. The molecule has 2 N–H and O–H groups in total. The van der Waals surface area contributed by atoms with Gasteiger partial charge < -0.3 is 19.6 Å². The van der Waals surface area contributed by atoms with Crippen molar-refractivity contribution in [3.05, 3.63) is 107 Å². The number of ether oxygens (including phenoxy) is 1. The molecule has 2 bridgehead atoms. The third-order valence-electron chi connectivity index (χ3n) is 8.47. The quantitative estimate of drug-likeness (QED) is 0.334. The molecular weight excluding hydrogens is 476 g/mol. The molecule has 38 heavy (non-hydrogen) atoms. The molecule has 198 valence electrons. The van der Waals surface area contributed by atoms with Crippen molar-refractivity contribution in [2.24, 2.45) is 5.92 Å². The number of carbonyl (C=O) groups is 2. The van der Waals surface area contributed by atoms with Crippen molar-refractivity contribution >= 4 is 11.9 Å². The number of rotatable bonds is 9. The molecule has 3 aromatic carbocycles. The summed E-state index contributed by atoms with van der Waals surface area (Å²) in [4.78, 5) is 26.3. The van der Waals surface area contributed by atoms with Crippen molar-refractivity contribution in [3.63, 3.8) is 0 Å². The Morgan fingerprint density at radius 2 is 1.50 bits per heavy atom. The van der Waals surface area contributed by atoms with Crippen LogP contribution in [0.3, 0.4) is 0 Å². The molecule has 3 heterocycles. The van der Waals surface area contributed by atoms with E-state index in [1.165, 1.54) is 5.56 Å². The number of aryl methyl sites for hydroxylation is 1. The monoisotopic (exact) mass is 513 g/mol. The number of amides is 1. The predicted molar refractivity (Wildman–Crippen MR) is 146 cm³/mol. The lowest BCUT2D eigenvalue weighted by molar-refractivity contribution is -0.945. The number of esters is 1. The molecule has 0 saturated carbocycles. The first kappa shape index (κ1) is 26.1. The van der Waals surface area contributed by atoms with Gasteiger partial charge in [0.25, 0.3) is 5.91 Å². The lowest BCUT2D eigenvalue weighted by atomic mass is 9.82. The van der Waals surface area contributed by atoms with E-state index in [9.17, 15) is 14.7 Å². The molecule has 6 nitrogen and oxygen atoms in total. The molecule has 6 rings (SSSR count). The Bertz CT molecular complexity index is 1200. The summed E-state index contributed by atoms with van der Waals surface area (Å²) in [6.45, 7) is 6.19. The van der Waals surface area contributed by atoms with Crippen LogP contribution in [0.25, 0.3) is 0 Å². The Hall–Kier alpha value is -3.48. The molecular formula is C32H37N2O4+. The van der Waals surface area contributed by atoms with E-state index in [2.05, 4.69) is 12.2 Å². The van der Waals surface area contributed by atoms with Crippen LogP contribution in [0.15, 0.2) is 84.9 Å². The summed E-state index contributed by atoms with van der Waals surface area (Å²) in [7, 11) is 0. The van der Waals surface area contributed by atoms with Crippen LogP contribution in [0.4, 0.5) is 0 Å². The van der Waals surface area contributed by atoms with E-state index in [-0.39, 0.29) is 12.0 Å². The van der Waals surface area contributed by atoms with Gasteiger partial charge in [0.15, 0.2) is 6.10 Å². The minimum Gasteiger partial charge on any atom is -0.453 e. The summed E-state index contributed by atoms with van der Waals surface area (Å²) in [5.74, 6) is -0.395. The van der Waals surface area contributed by atoms with Crippen LogP contribution < -0.4 is 5.32 Å². The summed E-state index contributed by atoms with van der Waals surface area (Å²) in [5, 5.41) is 14.9. The van der Waals surface area contributed by atoms with E-state index in [0.29, 0.717) is 35.7 Å². The van der Waals surface area contributed by atoms with Crippen LogP contribution >= 0.6 is 0 Å². The van der Waals surface area contributed by atoms with E-state index in [1.54, 1.807) is 24.3 Å². The topological polar surface area (TPSA) is 75.6 Å². The second-order valence-electron chi connectivity index (χ2n) is 10.7. The molecule has 0 radical (unpaired) electrons. The van der Waals surface area contributed by atoms with Gasteiger partial charge in [0.1, 0.15) is 6.54 Å². The van der Waals surface area contributed by atoms with Gasteiger partial charge in [0.2, 0.25) is 5.60 Å². The van der Waals surface area contributed by atoms with Crippen LogP contribution in [0.2, 0.25) is 0 Å². The van der Waals surface area contributed by atoms with Gasteiger partial charge >= 0.3 is 5.97 Å². The maximum absolute atomic E-state index is 13.7. The maximum Gasteiger partial charge on any atom is 0.348 e. The van der Waals surface area contributed by atoms with Crippen molar-refractivity contribution in [1.82, 2.24) is 5.32 Å². The summed E-state index contributed by atoms with van der Waals surface area (Å²) in [5.41, 5.74) is 1.00. The van der Waals surface area contributed by atoms with E-state index in [1.807, 2.05) is 60.7 Å². The van der Waals surface area contributed by atoms with Gasteiger partial charge in [-0.1, -0.05) is 79.7 Å². The highest BCUT2D eigenvalue weighted by Gasteiger charge is 2.50. The van der Waals surface area contributed by atoms with Gasteiger partial charge in [-0.15, -0.1) is 0 Å². The molecule has 1 atom stereocenters. The van der Waals surface area contributed by atoms with Crippen molar-refractivity contribution in [3.8, 4) is 0 Å². The van der Waals surface area contributed by atoms with Gasteiger partial charge in [0, 0.05) is 24.3 Å². The molecule has 3 saturated heterocycles. The second kappa shape index (κ2) is 11.1. The minimum atomic E-state index is -1.87. The van der Waals surface area contributed by atoms with Crippen molar-refractivity contribution in [2.75, 3.05) is 32.7 Å². The Labute approximate surface area is 224 Å². The molecule has 3 fully saturated rings. The Balaban J connectivity index is 1.25. The number of aliphatic hydroxyl groups is 1. The molecule has 6 heteroatoms. The number of carbonyl (C=O) groups excluding carboxylic acids is 2. The first-order chi connectivity index (χ1) is 18.4. The average Bonchev–Trinajstić information content (AvgIpc) is 2.98. The summed E-state index contributed by atoms with van der Waals surface area (Å²) in [6.07, 6.45) is 2.63. The van der Waals surface area contributed by atoms with Gasteiger partial charge in [-0.3, -0.25) is 4.79 Å². The van der Waals surface area contributed by atoms with E-state index < -0.39 is 11.6 Å². The molecule has 3 aliphatic rings. The van der Waals surface area contributed by atoms with Crippen LogP contribution in [0, 0.1) is 5.92 Å². The lowest BCUT2D eigenvalue weighted by Crippen LogP contribution is -2.66. The Kier molecular flexibility index (Phi) is 7.63. The number of nitrogens with one attached hydrogen (secondary N) is 1. The normalized spacial score (nSPS) is 22.6. The largest absolute Gasteiger partial charge is 0.453 e. The molecule has 3 aliphatic heterocycles. The molecule has 0 unspecified atom stereocenters. The zero-order valence-electron chi connectivity index (χ0n) is 22.0. The van der Waals surface area contributed by atoms with Crippen LogP contribution in [-0.2, 0) is 21.6 Å². The molecule has 3 aromatic rings. The number of fused-ring (bicyclic) bond motifs is 3. The SMILES string of the molecule is CCc1ccc(C(=O)NCC[N+]23CCC(CC2)[C@@H](OC(=O)C(O)(c2ccccc2)c2ccccc2)C3)cc1. The second-order valence-corrected chi connectivity index (χ2v) is 10.7. The first-order valence-electron chi connectivity index (χ1n) is 13.7. The van der Waals surface area contributed by atoms with E-state index in [4.69, 9.17) is 4.74 Å². The van der Waals surface area contributed by atoms with Gasteiger partial charge in [0.05, 0.1) is 26.2 Å². The third kappa shape index (κ3) is 5.24. The van der Waals surface area contributed by atoms with Gasteiger partial charge in [-0.2, -0.15) is 0 Å². The summed E-state index contributed by atoms with van der Waals surface area (Å²) < 4.78 is 6.97. The number of hydrogen-bond donors (Lipinski definition) is 2. The molecule has 0 aliphatic carbocycles. The number of benzene rings is 3. The van der Waals surface area contributed by atoms with Crippen molar-refractivity contribution in [2.45, 2.75) is 37.9 Å². The standard InChI is InChI=1S/C32H36N2O4/c1-2-24-13-15-26(16-14-24)30(35)33-19-22-34-20-17-25(18-21-34)29(23-34)38-31(36)32(37,27-9-5-3-6-10-27)28-11-7-4-8-12-28/h3-16,25,29,37H,2,17-23H2,1H3/p+1/t25?,29-,34?/m0/s1. The molecule has 1 amide bonds. The van der Waals surface area contributed by atoms with Gasteiger partial charge in [-0.05, 0) is 35.2 Å².